The summed E-state index contributed by atoms with van der Waals surface area (Å²) in [6.07, 6.45) is 8.35. The molecule has 7 heterocycles. The second kappa shape index (κ2) is 8.56. The van der Waals surface area contributed by atoms with Crippen molar-refractivity contribution in [2.24, 2.45) is 0 Å². The quantitative estimate of drug-likeness (QED) is 0.427. The number of hydrogen-bond donors (Lipinski definition) is 0. The summed E-state index contributed by atoms with van der Waals surface area (Å²) in [5.74, 6) is 2.29. The molecule has 3 fully saturated rings. The highest BCUT2D eigenvalue weighted by Gasteiger charge is 2.44. The van der Waals surface area contributed by atoms with Gasteiger partial charge in [-0.3, -0.25) is 4.90 Å². The number of ether oxygens (including phenoxy) is 2. The fraction of sp³-hybridized carbons (Fsp3) is 0.308. The number of nitriles is 1. The van der Waals surface area contributed by atoms with E-state index < -0.39 is 0 Å². The first kappa shape index (κ1) is 21.4. The maximum Gasteiger partial charge on any atom is 0.212 e. The largest absolute Gasteiger partial charge is 0.495 e. The highest BCUT2D eigenvalue weighted by atomic mass is 16.5. The Labute approximate surface area is 203 Å². The van der Waals surface area contributed by atoms with Gasteiger partial charge in [0, 0.05) is 61.3 Å². The molecule has 4 aromatic heterocycles. The molecule has 176 valence electrons. The lowest BCUT2D eigenvalue weighted by molar-refractivity contribution is -0.00876. The standard InChI is InChI=1S/C26H25N7O2/c1-34-22-8-23(26-19(9-27)12-30-33(26)16-22)18-4-5-24(28-11-18)31-14-20-7-21(15-31)32(20)13-17-3-6-25(35-2)29-10-17/h3-6,8,10-12,16,20-21H,7,13-15H2,1-2H3. The summed E-state index contributed by atoms with van der Waals surface area (Å²) in [5.41, 5.74) is 4.28. The second-order valence-corrected chi connectivity index (χ2v) is 8.99. The summed E-state index contributed by atoms with van der Waals surface area (Å²) >= 11 is 0. The fourth-order valence-corrected chi connectivity index (χ4v) is 5.21. The Kier molecular flexibility index (Phi) is 5.23. The van der Waals surface area contributed by atoms with Gasteiger partial charge in [0.1, 0.15) is 17.6 Å². The molecule has 0 radical (unpaired) electrons. The third-order valence-electron chi connectivity index (χ3n) is 7.04. The van der Waals surface area contributed by atoms with E-state index in [9.17, 15) is 5.26 Å². The van der Waals surface area contributed by atoms with E-state index in [4.69, 9.17) is 14.5 Å². The molecule has 0 saturated carbocycles. The molecular formula is C26H25N7O2. The van der Waals surface area contributed by atoms with Crippen LogP contribution in [0, 0.1) is 11.3 Å². The van der Waals surface area contributed by atoms with Gasteiger partial charge in [-0.05, 0) is 30.2 Å². The van der Waals surface area contributed by atoms with E-state index in [2.05, 4.69) is 44.2 Å². The van der Waals surface area contributed by atoms with Gasteiger partial charge in [0.25, 0.3) is 0 Å². The van der Waals surface area contributed by atoms with Gasteiger partial charge in [-0.2, -0.15) is 10.4 Å². The maximum absolute atomic E-state index is 9.53. The number of piperazine rings is 1. The van der Waals surface area contributed by atoms with E-state index in [0.717, 1.165) is 42.1 Å². The smallest absolute Gasteiger partial charge is 0.212 e. The minimum atomic E-state index is 0.514. The summed E-state index contributed by atoms with van der Waals surface area (Å²) in [6, 6.07) is 13.3. The number of hydrogen-bond acceptors (Lipinski definition) is 8. The zero-order valence-corrected chi connectivity index (χ0v) is 19.6. The molecule has 9 nitrogen and oxygen atoms in total. The van der Waals surface area contributed by atoms with Crippen LogP contribution in [0.15, 0.2) is 55.1 Å². The maximum atomic E-state index is 9.53. The van der Waals surface area contributed by atoms with Gasteiger partial charge >= 0.3 is 0 Å². The van der Waals surface area contributed by atoms with Crippen LogP contribution in [-0.4, -0.2) is 63.9 Å². The van der Waals surface area contributed by atoms with Crippen molar-refractivity contribution in [2.45, 2.75) is 25.0 Å². The first-order chi connectivity index (χ1) is 17.2. The van der Waals surface area contributed by atoms with E-state index >= 15 is 0 Å². The number of aromatic nitrogens is 4. The van der Waals surface area contributed by atoms with E-state index in [-0.39, 0.29) is 0 Å². The molecule has 9 heteroatoms. The Hall–Kier alpha value is -4.16. The van der Waals surface area contributed by atoms with Gasteiger partial charge in [0.15, 0.2) is 0 Å². The van der Waals surface area contributed by atoms with E-state index in [1.807, 2.05) is 24.5 Å². The number of methoxy groups -OCH3 is 2. The third kappa shape index (κ3) is 3.72. The van der Waals surface area contributed by atoms with Crippen molar-refractivity contribution in [2.75, 3.05) is 32.2 Å². The predicted octanol–water partition coefficient (Wildman–Crippen LogP) is 3.14. The Morgan fingerprint density at radius 1 is 1.03 bits per heavy atom. The molecule has 3 aliphatic heterocycles. The van der Waals surface area contributed by atoms with Gasteiger partial charge in [-0.15, -0.1) is 0 Å². The molecule has 0 N–H and O–H groups in total. The first-order valence-electron chi connectivity index (χ1n) is 11.6. The van der Waals surface area contributed by atoms with E-state index in [1.165, 1.54) is 12.0 Å². The van der Waals surface area contributed by atoms with Gasteiger partial charge in [-0.1, -0.05) is 6.07 Å². The highest BCUT2D eigenvalue weighted by molar-refractivity contribution is 5.85. The van der Waals surface area contributed by atoms with E-state index in [0.29, 0.717) is 29.3 Å². The van der Waals surface area contributed by atoms with Crippen molar-refractivity contribution in [1.29, 1.82) is 5.26 Å². The third-order valence-corrected chi connectivity index (χ3v) is 7.04. The van der Waals surface area contributed by atoms with Crippen LogP contribution in [0.2, 0.25) is 0 Å². The minimum Gasteiger partial charge on any atom is -0.495 e. The summed E-state index contributed by atoms with van der Waals surface area (Å²) in [6.45, 7) is 2.82. The average molecular weight is 468 g/mol. The summed E-state index contributed by atoms with van der Waals surface area (Å²) in [7, 11) is 3.26. The Morgan fingerprint density at radius 2 is 1.89 bits per heavy atom. The summed E-state index contributed by atoms with van der Waals surface area (Å²) < 4.78 is 12.3. The number of fused-ring (bicyclic) bond motifs is 3. The van der Waals surface area contributed by atoms with Gasteiger partial charge in [0.05, 0.1) is 37.7 Å². The molecule has 0 aliphatic carbocycles. The monoisotopic (exact) mass is 467 g/mol. The van der Waals surface area contributed by atoms with Crippen molar-refractivity contribution in [3.05, 3.63) is 66.2 Å². The summed E-state index contributed by atoms with van der Waals surface area (Å²) in [5, 5.41) is 13.8. The van der Waals surface area contributed by atoms with Crippen molar-refractivity contribution in [3.8, 4) is 28.8 Å². The molecule has 4 aromatic rings. The van der Waals surface area contributed by atoms with Crippen LogP contribution >= 0.6 is 0 Å². The van der Waals surface area contributed by atoms with Crippen LogP contribution in [0.4, 0.5) is 5.82 Å². The Balaban J connectivity index is 1.19. The molecule has 2 unspecified atom stereocenters. The van der Waals surface area contributed by atoms with Crippen LogP contribution in [0.25, 0.3) is 16.6 Å². The minimum absolute atomic E-state index is 0.514. The molecule has 3 saturated heterocycles. The lowest BCUT2D eigenvalue weighted by Crippen LogP contribution is -2.68. The molecule has 7 rings (SSSR count). The van der Waals surface area contributed by atoms with Crippen LogP contribution in [0.3, 0.4) is 0 Å². The Morgan fingerprint density at radius 3 is 2.54 bits per heavy atom. The van der Waals surface area contributed by atoms with Crippen LogP contribution in [0.1, 0.15) is 17.5 Å². The zero-order valence-electron chi connectivity index (χ0n) is 19.6. The second-order valence-electron chi connectivity index (χ2n) is 8.99. The number of nitrogens with zero attached hydrogens (tertiary/aromatic N) is 7. The molecular weight excluding hydrogens is 442 g/mol. The average Bonchev–Trinajstić information content (AvgIpc) is 3.34. The van der Waals surface area contributed by atoms with Crippen LogP contribution < -0.4 is 14.4 Å². The number of rotatable bonds is 6. The predicted molar refractivity (Wildman–Crippen MR) is 130 cm³/mol. The first-order valence-corrected chi connectivity index (χ1v) is 11.6. The molecule has 0 amide bonds. The normalized spacial score (nSPS) is 19.3. The zero-order chi connectivity index (χ0) is 23.9. The van der Waals surface area contributed by atoms with Crippen molar-refractivity contribution in [1.82, 2.24) is 24.5 Å². The van der Waals surface area contributed by atoms with Crippen molar-refractivity contribution < 1.29 is 9.47 Å². The van der Waals surface area contributed by atoms with E-state index in [1.54, 1.807) is 31.1 Å². The van der Waals surface area contributed by atoms with Gasteiger partial charge in [-0.25, -0.2) is 14.5 Å². The highest BCUT2D eigenvalue weighted by Crippen LogP contribution is 2.36. The van der Waals surface area contributed by atoms with Crippen LogP contribution in [0.5, 0.6) is 11.6 Å². The van der Waals surface area contributed by atoms with Crippen LogP contribution in [-0.2, 0) is 6.54 Å². The fourth-order valence-electron chi connectivity index (χ4n) is 5.21. The lowest BCUT2D eigenvalue weighted by atomic mass is 9.87. The van der Waals surface area contributed by atoms with Crippen molar-refractivity contribution >= 4 is 11.3 Å². The molecule has 2 atom stereocenters. The van der Waals surface area contributed by atoms with Gasteiger partial charge in [0.2, 0.25) is 5.88 Å². The van der Waals surface area contributed by atoms with Crippen molar-refractivity contribution in [3.63, 3.8) is 0 Å². The number of pyridine rings is 3. The molecule has 35 heavy (non-hydrogen) atoms. The molecule has 0 spiro atoms. The molecule has 0 aromatic carbocycles. The molecule has 2 bridgehead atoms. The Bertz CT molecular complexity index is 1400. The van der Waals surface area contributed by atoms with Gasteiger partial charge < -0.3 is 14.4 Å². The molecule has 3 aliphatic rings. The number of anilines is 1. The topological polar surface area (TPSA) is 91.8 Å². The number of piperidine rings is 1. The summed E-state index contributed by atoms with van der Waals surface area (Å²) in [4.78, 5) is 14.1. The lowest BCUT2D eigenvalue weighted by Gasteiger charge is -2.56. The SMILES string of the molecule is COc1cc(-c2ccc(N3CC4CC(C3)N4Cc3ccc(OC)nc3)nc2)c2c(C#N)cnn2c1.